The van der Waals surface area contributed by atoms with Gasteiger partial charge < -0.3 is 5.32 Å². The summed E-state index contributed by atoms with van der Waals surface area (Å²) in [5.74, 6) is 0.388. The van der Waals surface area contributed by atoms with Gasteiger partial charge in [-0.05, 0) is 42.6 Å². The highest BCUT2D eigenvalue weighted by molar-refractivity contribution is 8.00. The Balaban J connectivity index is 1.92. The van der Waals surface area contributed by atoms with Crippen LogP contribution in [-0.4, -0.2) is 12.3 Å². The first-order valence-electron chi connectivity index (χ1n) is 7.38. The maximum absolute atomic E-state index is 13.9. The Morgan fingerprint density at radius 3 is 2.43 bits per heavy atom. The third kappa shape index (κ3) is 2.85. The minimum Gasteiger partial charge on any atom is -0.312 e. The molecule has 110 valence electrons. The lowest BCUT2D eigenvalue weighted by molar-refractivity contribution is 0.472. The average Bonchev–Trinajstić information content (AvgIpc) is 2.50. The molecular formula is C18H20FNS. The van der Waals surface area contributed by atoms with Gasteiger partial charge in [0.05, 0.1) is 0 Å². The molecule has 1 nitrogen and oxygen atoms in total. The summed E-state index contributed by atoms with van der Waals surface area (Å²) in [4.78, 5) is 0.745. The molecule has 0 bridgehead atoms. The summed E-state index contributed by atoms with van der Waals surface area (Å²) in [6.45, 7) is 2.26. The van der Waals surface area contributed by atoms with Crippen molar-refractivity contribution in [2.45, 2.75) is 35.4 Å². The summed E-state index contributed by atoms with van der Waals surface area (Å²) in [6, 6.07) is 15.9. The van der Waals surface area contributed by atoms with Gasteiger partial charge in [0.15, 0.2) is 0 Å². The minimum absolute atomic E-state index is 0.121. The van der Waals surface area contributed by atoms with Gasteiger partial charge in [-0.3, -0.25) is 0 Å². The van der Waals surface area contributed by atoms with Crippen LogP contribution in [0.25, 0.3) is 0 Å². The van der Waals surface area contributed by atoms with Gasteiger partial charge in [-0.2, -0.15) is 0 Å². The van der Waals surface area contributed by atoms with E-state index in [9.17, 15) is 4.39 Å². The summed E-state index contributed by atoms with van der Waals surface area (Å²) in [5.41, 5.74) is 2.77. The molecule has 0 aromatic heterocycles. The molecule has 0 amide bonds. The second-order valence-corrected chi connectivity index (χ2v) is 6.90. The maximum atomic E-state index is 13.9. The number of rotatable bonds is 3. The van der Waals surface area contributed by atoms with Gasteiger partial charge in [0.1, 0.15) is 5.82 Å². The topological polar surface area (TPSA) is 12.0 Å². The minimum atomic E-state index is -0.121. The molecule has 3 rings (SSSR count). The molecule has 1 aliphatic carbocycles. The molecule has 3 atom stereocenters. The highest BCUT2D eigenvalue weighted by Crippen LogP contribution is 2.45. The Hall–Kier alpha value is -1.32. The molecule has 0 spiro atoms. The van der Waals surface area contributed by atoms with Crippen LogP contribution >= 0.6 is 11.8 Å². The summed E-state index contributed by atoms with van der Waals surface area (Å²) < 4.78 is 13.9. The van der Waals surface area contributed by atoms with Gasteiger partial charge in [0, 0.05) is 16.2 Å². The monoisotopic (exact) mass is 301 g/mol. The number of fused-ring (bicyclic) bond motifs is 1. The van der Waals surface area contributed by atoms with Crippen LogP contribution in [0, 0.1) is 5.82 Å². The van der Waals surface area contributed by atoms with E-state index in [1.54, 1.807) is 17.8 Å². The number of halogens is 1. The van der Waals surface area contributed by atoms with E-state index in [1.165, 1.54) is 17.2 Å². The predicted octanol–water partition coefficient (Wildman–Crippen LogP) is 4.75. The van der Waals surface area contributed by atoms with Crippen molar-refractivity contribution in [3.8, 4) is 0 Å². The Kier molecular flexibility index (Phi) is 4.32. The number of thioether (sulfide) groups is 1. The van der Waals surface area contributed by atoms with Crippen molar-refractivity contribution < 1.29 is 4.39 Å². The van der Waals surface area contributed by atoms with Crippen molar-refractivity contribution in [2.24, 2.45) is 0 Å². The SMILES string of the molecule is CNC1c2ccccc2C(C)CC1Sc1ccccc1F. The fourth-order valence-electron chi connectivity index (χ4n) is 3.22. The lowest BCUT2D eigenvalue weighted by Gasteiger charge is -2.36. The molecule has 0 fully saturated rings. The largest absolute Gasteiger partial charge is 0.312 e. The number of benzene rings is 2. The summed E-state index contributed by atoms with van der Waals surface area (Å²) in [6.07, 6.45) is 1.06. The van der Waals surface area contributed by atoms with Gasteiger partial charge in [0.2, 0.25) is 0 Å². The van der Waals surface area contributed by atoms with Crippen LogP contribution in [0.3, 0.4) is 0 Å². The zero-order chi connectivity index (χ0) is 14.8. The van der Waals surface area contributed by atoms with Crippen LogP contribution in [0.5, 0.6) is 0 Å². The molecule has 1 N–H and O–H groups in total. The molecule has 1 aliphatic rings. The van der Waals surface area contributed by atoms with Crippen molar-refractivity contribution in [1.82, 2.24) is 5.32 Å². The van der Waals surface area contributed by atoms with Gasteiger partial charge in [-0.25, -0.2) is 4.39 Å². The third-order valence-corrected chi connectivity index (χ3v) is 5.60. The molecule has 21 heavy (non-hydrogen) atoms. The Morgan fingerprint density at radius 1 is 1.05 bits per heavy atom. The molecule has 0 aliphatic heterocycles. The molecule has 3 heteroatoms. The Labute approximate surface area is 130 Å². The molecule has 2 aromatic rings. The van der Waals surface area contributed by atoms with Crippen LogP contribution in [0.1, 0.15) is 36.4 Å². The van der Waals surface area contributed by atoms with Crippen molar-refractivity contribution in [1.29, 1.82) is 0 Å². The molecule has 0 radical (unpaired) electrons. The van der Waals surface area contributed by atoms with Gasteiger partial charge in [0.25, 0.3) is 0 Å². The second-order valence-electron chi connectivity index (χ2n) is 5.62. The fraction of sp³-hybridized carbons (Fsp3) is 0.333. The zero-order valence-corrected chi connectivity index (χ0v) is 13.2. The first-order chi connectivity index (χ1) is 10.2. The summed E-state index contributed by atoms with van der Waals surface area (Å²) in [5, 5.41) is 3.77. The maximum Gasteiger partial charge on any atom is 0.136 e. The highest BCUT2D eigenvalue weighted by Gasteiger charge is 2.33. The van der Waals surface area contributed by atoms with Crippen LogP contribution in [-0.2, 0) is 0 Å². The number of nitrogens with one attached hydrogen (secondary N) is 1. The predicted molar refractivity (Wildman–Crippen MR) is 87.3 cm³/mol. The molecule has 3 unspecified atom stereocenters. The second kappa shape index (κ2) is 6.20. The normalized spacial score (nSPS) is 24.6. The van der Waals surface area contributed by atoms with E-state index in [0.717, 1.165) is 11.3 Å². The lowest BCUT2D eigenvalue weighted by atomic mass is 9.81. The highest BCUT2D eigenvalue weighted by atomic mass is 32.2. The molecule has 2 aromatic carbocycles. The van der Waals surface area contributed by atoms with E-state index in [-0.39, 0.29) is 11.9 Å². The number of hydrogen-bond donors (Lipinski definition) is 1. The summed E-state index contributed by atoms with van der Waals surface area (Å²) >= 11 is 1.65. The first kappa shape index (κ1) is 14.6. The van der Waals surface area contributed by atoms with E-state index in [4.69, 9.17) is 0 Å². The standard InChI is InChI=1S/C18H20FNS/c1-12-11-17(21-16-10-6-5-9-15(16)19)18(20-2)14-8-4-3-7-13(12)14/h3-10,12,17-18,20H,11H2,1-2H3. The van der Waals surface area contributed by atoms with E-state index in [0.29, 0.717) is 11.2 Å². The molecule has 0 saturated heterocycles. The van der Waals surface area contributed by atoms with E-state index >= 15 is 0 Å². The first-order valence-corrected chi connectivity index (χ1v) is 8.26. The quantitative estimate of drug-likeness (QED) is 0.877. The Morgan fingerprint density at radius 2 is 1.71 bits per heavy atom. The van der Waals surface area contributed by atoms with E-state index < -0.39 is 0 Å². The zero-order valence-electron chi connectivity index (χ0n) is 12.3. The van der Waals surface area contributed by atoms with Gasteiger partial charge >= 0.3 is 0 Å². The molecule has 0 heterocycles. The fourth-order valence-corrected chi connectivity index (χ4v) is 4.68. The summed E-state index contributed by atoms with van der Waals surface area (Å²) in [7, 11) is 1.99. The third-order valence-electron chi connectivity index (χ3n) is 4.25. The smallest absolute Gasteiger partial charge is 0.136 e. The van der Waals surface area contributed by atoms with Crippen molar-refractivity contribution in [3.05, 3.63) is 65.5 Å². The van der Waals surface area contributed by atoms with Crippen molar-refractivity contribution in [2.75, 3.05) is 7.05 Å². The van der Waals surface area contributed by atoms with Crippen molar-refractivity contribution >= 4 is 11.8 Å². The number of hydrogen-bond acceptors (Lipinski definition) is 2. The van der Waals surface area contributed by atoms with Crippen LogP contribution < -0.4 is 5.32 Å². The van der Waals surface area contributed by atoms with Crippen molar-refractivity contribution in [3.63, 3.8) is 0 Å². The van der Waals surface area contributed by atoms with Crippen LogP contribution in [0.15, 0.2) is 53.4 Å². The van der Waals surface area contributed by atoms with Gasteiger partial charge in [-0.15, -0.1) is 11.8 Å². The Bertz CT molecular complexity index is 628. The van der Waals surface area contributed by atoms with Crippen LogP contribution in [0.2, 0.25) is 0 Å². The molecular weight excluding hydrogens is 281 g/mol. The van der Waals surface area contributed by atoms with Gasteiger partial charge in [-0.1, -0.05) is 43.3 Å². The van der Waals surface area contributed by atoms with E-state index in [1.807, 2.05) is 19.2 Å². The molecule has 0 saturated carbocycles. The lowest BCUT2D eigenvalue weighted by Crippen LogP contribution is -2.33. The van der Waals surface area contributed by atoms with Crippen LogP contribution in [0.4, 0.5) is 4.39 Å². The average molecular weight is 301 g/mol. The van der Waals surface area contributed by atoms with E-state index in [2.05, 4.69) is 36.5 Å².